The molecule has 2 N–H and O–H groups in total. The van der Waals surface area contributed by atoms with Crippen molar-refractivity contribution in [1.82, 2.24) is 14.8 Å². The molecule has 1 aromatic rings. The highest BCUT2D eigenvalue weighted by atomic mass is 15.3. The van der Waals surface area contributed by atoms with E-state index in [1.807, 2.05) is 6.92 Å². The zero-order valence-electron chi connectivity index (χ0n) is 11.8. The minimum absolute atomic E-state index is 0.265. The number of nitrogens with zero attached hydrogens (tertiary/aromatic N) is 3. The van der Waals surface area contributed by atoms with Crippen LogP contribution >= 0.6 is 0 Å². The maximum atomic E-state index is 5.91. The van der Waals surface area contributed by atoms with E-state index in [2.05, 4.69) is 42.5 Å². The highest BCUT2D eigenvalue weighted by Gasteiger charge is 2.24. The maximum Gasteiger partial charge on any atom is 0.137 e. The molecule has 0 aromatic carbocycles. The zero-order valence-corrected chi connectivity index (χ0v) is 11.8. The zero-order chi connectivity index (χ0) is 13.1. The van der Waals surface area contributed by atoms with Gasteiger partial charge in [0.2, 0.25) is 0 Å². The molecule has 1 heterocycles. The molecule has 4 heteroatoms. The quantitative estimate of drug-likeness (QED) is 0.857. The smallest absolute Gasteiger partial charge is 0.137 e. The van der Waals surface area contributed by atoms with Crippen molar-refractivity contribution in [3.63, 3.8) is 0 Å². The number of aromatic nitrogens is 3. The second-order valence-electron chi connectivity index (χ2n) is 5.95. The van der Waals surface area contributed by atoms with Gasteiger partial charge in [-0.15, -0.1) is 10.2 Å². The molecular weight excluding hydrogens is 212 g/mol. The molecule has 1 unspecified atom stereocenters. The van der Waals surface area contributed by atoms with Crippen LogP contribution in [0.25, 0.3) is 0 Å². The number of hydrogen-bond acceptors (Lipinski definition) is 3. The van der Waals surface area contributed by atoms with Gasteiger partial charge < -0.3 is 10.3 Å². The van der Waals surface area contributed by atoms with Crippen LogP contribution in [0, 0.1) is 12.3 Å². The largest absolute Gasteiger partial charge is 0.330 e. The Morgan fingerprint density at radius 3 is 2.41 bits per heavy atom. The van der Waals surface area contributed by atoms with Crippen LogP contribution in [0.5, 0.6) is 0 Å². The number of hydrogen-bond donors (Lipinski definition) is 1. The predicted octanol–water partition coefficient (Wildman–Crippen LogP) is 2.48. The second-order valence-corrected chi connectivity index (χ2v) is 5.95. The maximum absolute atomic E-state index is 5.91. The van der Waals surface area contributed by atoms with Gasteiger partial charge in [-0.3, -0.25) is 0 Å². The molecule has 17 heavy (non-hydrogen) atoms. The van der Waals surface area contributed by atoms with Crippen LogP contribution in [0.1, 0.15) is 58.1 Å². The number of nitrogens with two attached hydrogens (primary N) is 1. The molecule has 1 atom stereocenters. The second kappa shape index (κ2) is 5.63. The summed E-state index contributed by atoms with van der Waals surface area (Å²) in [5, 5.41) is 8.51. The number of rotatable bonds is 5. The summed E-state index contributed by atoms with van der Waals surface area (Å²) < 4.78 is 2.21. The normalized spacial score (nSPS) is 14.0. The molecule has 98 valence electrons. The summed E-state index contributed by atoms with van der Waals surface area (Å²) in [7, 11) is 0. The third-order valence-electron chi connectivity index (χ3n) is 2.92. The van der Waals surface area contributed by atoms with Gasteiger partial charge in [0, 0.05) is 19.0 Å². The van der Waals surface area contributed by atoms with E-state index >= 15 is 0 Å². The van der Waals surface area contributed by atoms with Crippen molar-refractivity contribution >= 4 is 0 Å². The van der Waals surface area contributed by atoms with E-state index in [-0.39, 0.29) is 5.41 Å². The molecule has 0 bridgehead atoms. The van der Waals surface area contributed by atoms with Gasteiger partial charge >= 0.3 is 0 Å². The Morgan fingerprint density at radius 1 is 1.29 bits per heavy atom. The van der Waals surface area contributed by atoms with Crippen molar-refractivity contribution < 1.29 is 0 Å². The fourth-order valence-electron chi connectivity index (χ4n) is 2.22. The van der Waals surface area contributed by atoms with Gasteiger partial charge in [-0.05, 0) is 25.2 Å². The molecule has 0 aliphatic rings. The van der Waals surface area contributed by atoms with Gasteiger partial charge in [0.05, 0.1) is 0 Å². The molecule has 0 aliphatic heterocycles. The highest BCUT2D eigenvalue weighted by Crippen LogP contribution is 2.29. The lowest BCUT2D eigenvalue weighted by atomic mass is 9.84. The van der Waals surface area contributed by atoms with Crippen LogP contribution in [0.3, 0.4) is 0 Å². The van der Waals surface area contributed by atoms with Gasteiger partial charge in [-0.2, -0.15) is 0 Å². The average molecular weight is 238 g/mol. The summed E-state index contributed by atoms with van der Waals surface area (Å²) in [6.45, 7) is 12.5. The van der Waals surface area contributed by atoms with Crippen molar-refractivity contribution in [3.8, 4) is 0 Å². The lowest BCUT2D eigenvalue weighted by Gasteiger charge is -2.25. The molecule has 0 saturated heterocycles. The SMILES string of the molecule is CCCn1c(C)nnc1C(CN)CC(C)(C)C. The van der Waals surface area contributed by atoms with Crippen molar-refractivity contribution in [1.29, 1.82) is 0 Å². The Hall–Kier alpha value is -0.900. The van der Waals surface area contributed by atoms with Crippen molar-refractivity contribution in [3.05, 3.63) is 11.6 Å². The molecule has 0 saturated carbocycles. The van der Waals surface area contributed by atoms with Crippen LogP contribution < -0.4 is 5.73 Å². The van der Waals surface area contributed by atoms with Crippen LogP contribution in [-0.4, -0.2) is 21.3 Å². The highest BCUT2D eigenvalue weighted by molar-refractivity contribution is 5.03. The summed E-state index contributed by atoms with van der Waals surface area (Å²) in [5.41, 5.74) is 6.17. The third kappa shape index (κ3) is 3.80. The van der Waals surface area contributed by atoms with E-state index < -0.39 is 0 Å². The first-order chi connectivity index (χ1) is 7.89. The summed E-state index contributed by atoms with van der Waals surface area (Å²) in [6, 6.07) is 0. The average Bonchev–Trinajstić information content (AvgIpc) is 2.57. The molecule has 0 fully saturated rings. The van der Waals surface area contributed by atoms with Crippen LogP contribution in [0.15, 0.2) is 0 Å². The summed E-state index contributed by atoms with van der Waals surface area (Å²) in [6.07, 6.45) is 2.14. The Balaban J connectivity index is 2.95. The Kier molecular flexibility index (Phi) is 4.69. The van der Waals surface area contributed by atoms with E-state index in [0.29, 0.717) is 12.5 Å². The molecule has 1 rings (SSSR count). The van der Waals surface area contributed by atoms with E-state index in [1.165, 1.54) is 0 Å². The van der Waals surface area contributed by atoms with Gasteiger partial charge in [0.1, 0.15) is 11.6 Å². The molecule has 0 aliphatic carbocycles. The summed E-state index contributed by atoms with van der Waals surface area (Å²) >= 11 is 0. The molecule has 0 spiro atoms. The fraction of sp³-hybridized carbons (Fsp3) is 0.846. The summed E-state index contributed by atoms with van der Waals surface area (Å²) in [4.78, 5) is 0. The first kappa shape index (κ1) is 14.2. The minimum Gasteiger partial charge on any atom is -0.330 e. The first-order valence-electron chi connectivity index (χ1n) is 6.48. The standard InChI is InChI=1S/C13H26N4/c1-6-7-17-10(2)15-16-12(17)11(9-14)8-13(3,4)5/h11H,6-9,14H2,1-5H3. The van der Waals surface area contributed by atoms with Gasteiger partial charge in [0.25, 0.3) is 0 Å². The van der Waals surface area contributed by atoms with Crippen molar-refractivity contribution in [2.24, 2.45) is 11.1 Å². The summed E-state index contributed by atoms with van der Waals surface area (Å²) in [5.74, 6) is 2.36. The Labute approximate surface area is 105 Å². The van der Waals surface area contributed by atoms with Crippen molar-refractivity contribution in [2.45, 2.75) is 59.9 Å². The van der Waals surface area contributed by atoms with Crippen LogP contribution in [0.2, 0.25) is 0 Å². The van der Waals surface area contributed by atoms with Crippen LogP contribution in [-0.2, 0) is 6.54 Å². The van der Waals surface area contributed by atoms with E-state index in [1.54, 1.807) is 0 Å². The van der Waals surface area contributed by atoms with Crippen molar-refractivity contribution in [2.75, 3.05) is 6.54 Å². The molecule has 4 nitrogen and oxygen atoms in total. The molecule has 0 amide bonds. The van der Waals surface area contributed by atoms with Crippen LogP contribution in [0.4, 0.5) is 0 Å². The lowest BCUT2D eigenvalue weighted by molar-refractivity contribution is 0.330. The lowest BCUT2D eigenvalue weighted by Crippen LogP contribution is -2.23. The van der Waals surface area contributed by atoms with E-state index in [4.69, 9.17) is 5.73 Å². The molecule has 0 radical (unpaired) electrons. The number of aryl methyl sites for hydroxylation is 1. The van der Waals surface area contributed by atoms with Gasteiger partial charge in [-0.25, -0.2) is 0 Å². The molecule has 1 aromatic heterocycles. The molecular formula is C13H26N4. The van der Waals surface area contributed by atoms with Gasteiger partial charge in [0.15, 0.2) is 0 Å². The Bertz CT molecular complexity index is 349. The third-order valence-corrected chi connectivity index (χ3v) is 2.92. The topological polar surface area (TPSA) is 56.7 Å². The monoisotopic (exact) mass is 238 g/mol. The fourth-order valence-corrected chi connectivity index (χ4v) is 2.22. The first-order valence-corrected chi connectivity index (χ1v) is 6.48. The van der Waals surface area contributed by atoms with E-state index in [9.17, 15) is 0 Å². The minimum atomic E-state index is 0.265. The van der Waals surface area contributed by atoms with Gasteiger partial charge in [-0.1, -0.05) is 27.7 Å². The van der Waals surface area contributed by atoms with E-state index in [0.717, 1.165) is 31.0 Å². The Morgan fingerprint density at radius 2 is 1.94 bits per heavy atom. The predicted molar refractivity (Wildman–Crippen MR) is 70.9 cm³/mol.